The number of hydrogen-bond acceptors (Lipinski definition) is 2. The lowest BCUT2D eigenvalue weighted by Crippen LogP contribution is -2.25. The number of rotatable bonds is 3. The number of nitriles is 1. The van der Waals surface area contributed by atoms with E-state index in [0.717, 1.165) is 30.5 Å². The molecule has 1 saturated carbocycles. The molecule has 1 aliphatic rings. The zero-order valence-corrected chi connectivity index (χ0v) is 10.9. The minimum atomic E-state index is 0.0565. The molecular weight excluding hydrogens is 220 g/mol. The van der Waals surface area contributed by atoms with Crippen molar-refractivity contribution in [2.45, 2.75) is 39.0 Å². The molecule has 0 unspecified atom stereocenters. The first-order valence-corrected chi connectivity index (χ1v) is 6.69. The molecule has 0 spiro atoms. The molecule has 94 valence electrons. The van der Waals surface area contributed by atoms with Crippen molar-refractivity contribution in [2.24, 2.45) is 11.1 Å². The van der Waals surface area contributed by atoms with Gasteiger partial charge in [0.2, 0.25) is 0 Å². The standard InChI is InChI=1S/C16H20N2/c1-2-16(10-6-7-11-16)15(18)14(12-17)13-8-4-3-5-9-13/h3-5,8-9H,2,6-7,10-11,18H2,1H3/b15-14+. The molecule has 2 heteroatoms. The average molecular weight is 240 g/mol. The van der Waals surface area contributed by atoms with Gasteiger partial charge in [0.1, 0.15) is 6.07 Å². The first-order valence-electron chi connectivity index (χ1n) is 6.69. The third kappa shape index (κ3) is 2.13. The molecule has 2 nitrogen and oxygen atoms in total. The molecule has 0 heterocycles. The predicted octanol–water partition coefficient (Wildman–Crippen LogP) is 3.85. The van der Waals surface area contributed by atoms with Crippen LogP contribution in [0.2, 0.25) is 0 Å². The van der Waals surface area contributed by atoms with Crippen LogP contribution in [0.25, 0.3) is 5.57 Å². The van der Waals surface area contributed by atoms with Gasteiger partial charge < -0.3 is 5.73 Å². The molecule has 0 atom stereocenters. The third-order valence-corrected chi connectivity index (χ3v) is 4.25. The monoisotopic (exact) mass is 240 g/mol. The maximum atomic E-state index is 9.43. The summed E-state index contributed by atoms with van der Waals surface area (Å²) in [6.07, 6.45) is 5.71. The van der Waals surface area contributed by atoms with Gasteiger partial charge in [-0.05, 0) is 24.8 Å². The van der Waals surface area contributed by atoms with E-state index in [1.54, 1.807) is 0 Å². The maximum Gasteiger partial charge on any atom is 0.102 e. The van der Waals surface area contributed by atoms with Crippen LogP contribution in [0.4, 0.5) is 0 Å². The lowest BCUT2D eigenvalue weighted by atomic mass is 9.77. The Labute approximate surface area is 109 Å². The summed E-state index contributed by atoms with van der Waals surface area (Å²) in [7, 11) is 0. The summed E-state index contributed by atoms with van der Waals surface area (Å²) in [5.74, 6) is 0. The molecule has 1 aliphatic carbocycles. The Morgan fingerprint density at radius 3 is 2.39 bits per heavy atom. The van der Waals surface area contributed by atoms with Gasteiger partial charge in [0.25, 0.3) is 0 Å². The Bertz CT molecular complexity index is 474. The molecule has 0 aromatic heterocycles. The van der Waals surface area contributed by atoms with Crippen LogP contribution in [-0.2, 0) is 0 Å². The Hall–Kier alpha value is -1.75. The molecule has 0 aliphatic heterocycles. The van der Waals surface area contributed by atoms with Crippen LogP contribution < -0.4 is 5.73 Å². The van der Waals surface area contributed by atoms with Gasteiger partial charge in [-0.3, -0.25) is 0 Å². The number of allylic oxidation sites excluding steroid dienone is 2. The van der Waals surface area contributed by atoms with E-state index in [0.29, 0.717) is 5.57 Å². The van der Waals surface area contributed by atoms with Crippen LogP contribution in [-0.4, -0.2) is 0 Å². The maximum absolute atomic E-state index is 9.43. The van der Waals surface area contributed by atoms with Crippen LogP contribution in [0.5, 0.6) is 0 Å². The SMILES string of the molecule is CCC1(/C(N)=C(/C#N)c2ccccc2)CCCC1. The number of hydrogen-bond donors (Lipinski definition) is 1. The van der Waals surface area contributed by atoms with Gasteiger partial charge in [0.15, 0.2) is 0 Å². The zero-order chi connectivity index (χ0) is 13.0. The molecule has 0 bridgehead atoms. The fraction of sp³-hybridized carbons (Fsp3) is 0.438. The van der Waals surface area contributed by atoms with E-state index in [1.165, 1.54) is 12.8 Å². The zero-order valence-electron chi connectivity index (χ0n) is 10.9. The highest BCUT2D eigenvalue weighted by Gasteiger charge is 2.36. The fourth-order valence-corrected chi connectivity index (χ4v) is 3.02. The summed E-state index contributed by atoms with van der Waals surface area (Å²) in [5, 5.41) is 9.43. The summed E-state index contributed by atoms with van der Waals surface area (Å²) in [6, 6.07) is 12.1. The average Bonchev–Trinajstić information content (AvgIpc) is 2.91. The topological polar surface area (TPSA) is 49.8 Å². The molecule has 2 rings (SSSR count). The van der Waals surface area contributed by atoms with Gasteiger partial charge in [-0.15, -0.1) is 0 Å². The van der Waals surface area contributed by atoms with E-state index in [4.69, 9.17) is 5.73 Å². The Morgan fingerprint density at radius 1 is 1.28 bits per heavy atom. The second kappa shape index (κ2) is 5.27. The van der Waals surface area contributed by atoms with Crippen molar-refractivity contribution < 1.29 is 0 Å². The van der Waals surface area contributed by atoms with Gasteiger partial charge in [-0.25, -0.2) is 0 Å². The number of nitrogens with zero attached hydrogens (tertiary/aromatic N) is 1. The van der Waals surface area contributed by atoms with E-state index in [9.17, 15) is 5.26 Å². The summed E-state index contributed by atoms with van der Waals surface area (Å²) >= 11 is 0. The van der Waals surface area contributed by atoms with Crippen molar-refractivity contribution in [1.29, 1.82) is 5.26 Å². The van der Waals surface area contributed by atoms with Crippen molar-refractivity contribution in [3.05, 3.63) is 41.6 Å². The van der Waals surface area contributed by atoms with Crippen molar-refractivity contribution in [2.75, 3.05) is 0 Å². The first-order chi connectivity index (χ1) is 8.73. The Balaban J connectivity index is 2.47. The fourth-order valence-electron chi connectivity index (χ4n) is 3.02. The molecular formula is C16H20N2. The van der Waals surface area contributed by atoms with Crippen LogP contribution in [0, 0.1) is 16.7 Å². The van der Waals surface area contributed by atoms with Crippen molar-refractivity contribution in [1.82, 2.24) is 0 Å². The summed E-state index contributed by atoms with van der Waals surface area (Å²) in [4.78, 5) is 0. The summed E-state index contributed by atoms with van der Waals surface area (Å²) in [6.45, 7) is 2.18. The highest BCUT2D eigenvalue weighted by atomic mass is 14.7. The largest absolute Gasteiger partial charge is 0.401 e. The lowest BCUT2D eigenvalue weighted by molar-refractivity contribution is 0.351. The first kappa shape index (κ1) is 12.7. The van der Waals surface area contributed by atoms with Crippen molar-refractivity contribution >= 4 is 5.57 Å². The second-order valence-corrected chi connectivity index (χ2v) is 5.11. The van der Waals surface area contributed by atoms with E-state index < -0.39 is 0 Å². The highest BCUT2D eigenvalue weighted by molar-refractivity contribution is 5.79. The lowest BCUT2D eigenvalue weighted by Gasteiger charge is -2.29. The molecule has 2 N–H and O–H groups in total. The summed E-state index contributed by atoms with van der Waals surface area (Å²) < 4.78 is 0. The van der Waals surface area contributed by atoms with E-state index >= 15 is 0 Å². The predicted molar refractivity (Wildman–Crippen MR) is 74.4 cm³/mol. The van der Waals surface area contributed by atoms with Gasteiger partial charge in [0, 0.05) is 11.1 Å². The molecule has 18 heavy (non-hydrogen) atoms. The smallest absolute Gasteiger partial charge is 0.102 e. The van der Waals surface area contributed by atoms with E-state index in [2.05, 4.69) is 13.0 Å². The van der Waals surface area contributed by atoms with Gasteiger partial charge in [0.05, 0.1) is 5.57 Å². The van der Waals surface area contributed by atoms with Crippen LogP contribution in [0.15, 0.2) is 36.0 Å². The van der Waals surface area contributed by atoms with Gasteiger partial charge >= 0.3 is 0 Å². The van der Waals surface area contributed by atoms with E-state index in [-0.39, 0.29) is 5.41 Å². The Morgan fingerprint density at radius 2 is 1.89 bits per heavy atom. The normalized spacial score (nSPS) is 19.1. The second-order valence-electron chi connectivity index (χ2n) is 5.11. The minimum absolute atomic E-state index is 0.0565. The van der Waals surface area contributed by atoms with E-state index in [1.807, 2.05) is 30.3 Å². The molecule has 0 radical (unpaired) electrons. The van der Waals surface area contributed by atoms with Crippen molar-refractivity contribution in [3.8, 4) is 6.07 Å². The molecule has 1 aromatic rings. The molecule has 0 saturated heterocycles. The summed E-state index contributed by atoms with van der Waals surface area (Å²) in [5.41, 5.74) is 8.83. The number of nitrogens with two attached hydrogens (primary N) is 1. The third-order valence-electron chi connectivity index (χ3n) is 4.25. The van der Waals surface area contributed by atoms with Gasteiger partial charge in [-0.1, -0.05) is 50.1 Å². The molecule has 1 aromatic carbocycles. The van der Waals surface area contributed by atoms with Crippen LogP contribution in [0.1, 0.15) is 44.6 Å². The number of benzene rings is 1. The van der Waals surface area contributed by atoms with Crippen LogP contribution in [0.3, 0.4) is 0 Å². The Kier molecular flexibility index (Phi) is 3.72. The molecule has 1 fully saturated rings. The minimum Gasteiger partial charge on any atom is -0.401 e. The van der Waals surface area contributed by atoms with Gasteiger partial charge in [-0.2, -0.15) is 5.26 Å². The highest BCUT2D eigenvalue weighted by Crippen LogP contribution is 2.46. The quantitative estimate of drug-likeness (QED) is 0.816. The van der Waals surface area contributed by atoms with Crippen molar-refractivity contribution in [3.63, 3.8) is 0 Å². The van der Waals surface area contributed by atoms with Crippen LogP contribution >= 0.6 is 0 Å². The molecule has 0 amide bonds.